The van der Waals surface area contributed by atoms with Gasteiger partial charge in [-0.3, -0.25) is 5.32 Å². The molecule has 0 spiro atoms. The van der Waals surface area contributed by atoms with Gasteiger partial charge in [-0.2, -0.15) is 5.26 Å². The quantitative estimate of drug-likeness (QED) is 0.355. The third-order valence-electron chi connectivity index (χ3n) is 2.05. The number of benzene rings is 1. The van der Waals surface area contributed by atoms with Crippen molar-refractivity contribution >= 4 is 33.6 Å². The topological polar surface area (TPSA) is 61.3 Å². The molecule has 0 atom stereocenters. The highest BCUT2D eigenvalue weighted by Gasteiger charge is 2.03. The van der Waals surface area contributed by atoms with E-state index in [-0.39, 0.29) is 0 Å². The summed E-state index contributed by atoms with van der Waals surface area (Å²) in [5.41, 5.74) is 1.58. The van der Waals surface area contributed by atoms with E-state index in [9.17, 15) is 0 Å². The number of amidine groups is 1. The van der Waals surface area contributed by atoms with Crippen molar-refractivity contribution in [1.29, 1.82) is 5.26 Å². The first-order valence-corrected chi connectivity index (χ1v) is 5.81. The van der Waals surface area contributed by atoms with Crippen LogP contribution in [-0.4, -0.2) is 11.4 Å². The van der Waals surface area contributed by atoms with Crippen molar-refractivity contribution in [2.24, 2.45) is 4.99 Å². The van der Waals surface area contributed by atoms with E-state index in [4.69, 9.17) is 9.68 Å². The molecule has 2 aromatic rings. The average Bonchev–Trinajstić information content (AvgIpc) is 2.77. The molecule has 0 aliphatic rings. The summed E-state index contributed by atoms with van der Waals surface area (Å²) < 4.78 is 5.27. The number of hydrogen-bond acceptors (Lipinski definition) is 4. The first-order chi connectivity index (χ1) is 7.85. The number of furan rings is 1. The summed E-state index contributed by atoms with van der Waals surface area (Å²) in [7, 11) is 0. The molecule has 1 aromatic heterocycles. The standard InChI is InChI=1S/C11H9N3OS/c1-16-11(13-7-12)14-9-3-2-4-10-8(9)5-6-15-10/h2-6H,1H3,(H,13,14). The molecule has 0 aliphatic carbocycles. The third-order valence-corrected chi connectivity index (χ3v) is 2.63. The molecule has 1 aromatic carbocycles. The van der Waals surface area contributed by atoms with Crippen LogP contribution in [0.1, 0.15) is 0 Å². The van der Waals surface area contributed by atoms with Gasteiger partial charge in [-0.1, -0.05) is 17.8 Å². The van der Waals surface area contributed by atoms with Crippen molar-refractivity contribution in [2.75, 3.05) is 6.26 Å². The number of nitriles is 1. The molecule has 0 aliphatic heterocycles. The van der Waals surface area contributed by atoms with Gasteiger partial charge in [-0.25, -0.2) is 4.99 Å². The maximum Gasteiger partial charge on any atom is 0.183 e. The Morgan fingerprint density at radius 2 is 2.38 bits per heavy atom. The second-order valence-corrected chi connectivity index (χ2v) is 3.76. The number of hydrogen-bond donors (Lipinski definition) is 1. The van der Waals surface area contributed by atoms with Crippen LogP contribution in [0, 0.1) is 11.5 Å². The number of rotatable bonds is 1. The molecule has 0 saturated heterocycles. The molecule has 1 heterocycles. The second-order valence-electron chi connectivity index (χ2n) is 2.97. The highest BCUT2D eigenvalue weighted by atomic mass is 32.2. The van der Waals surface area contributed by atoms with Gasteiger partial charge in [0.25, 0.3) is 0 Å². The van der Waals surface area contributed by atoms with Gasteiger partial charge < -0.3 is 4.42 Å². The fourth-order valence-corrected chi connectivity index (χ4v) is 1.69. The van der Waals surface area contributed by atoms with E-state index in [0.29, 0.717) is 5.17 Å². The van der Waals surface area contributed by atoms with Crippen molar-refractivity contribution in [1.82, 2.24) is 5.32 Å². The number of nitrogens with zero attached hydrogens (tertiary/aromatic N) is 2. The Kier molecular flexibility index (Phi) is 3.13. The number of aliphatic imine (C=N–C) groups is 1. The lowest BCUT2D eigenvalue weighted by molar-refractivity contribution is 0.616. The maximum absolute atomic E-state index is 8.55. The first kappa shape index (κ1) is 10.6. The van der Waals surface area contributed by atoms with E-state index >= 15 is 0 Å². The Balaban J connectivity index is 2.47. The summed E-state index contributed by atoms with van der Waals surface area (Å²) in [4.78, 5) is 4.35. The Morgan fingerprint density at radius 1 is 1.50 bits per heavy atom. The number of fused-ring (bicyclic) bond motifs is 1. The van der Waals surface area contributed by atoms with Gasteiger partial charge >= 0.3 is 0 Å². The van der Waals surface area contributed by atoms with E-state index < -0.39 is 0 Å². The summed E-state index contributed by atoms with van der Waals surface area (Å²) in [6.07, 6.45) is 5.34. The van der Waals surface area contributed by atoms with Gasteiger partial charge in [0, 0.05) is 5.39 Å². The van der Waals surface area contributed by atoms with Crippen molar-refractivity contribution in [3.8, 4) is 6.19 Å². The van der Waals surface area contributed by atoms with Gasteiger partial charge in [0.1, 0.15) is 5.58 Å². The molecule has 0 saturated carbocycles. The van der Waals surface area contributed by atoms with Gasteiger partial charge in [-0.15, -0.1) is 0 Å². The molecule has 5 heteroatoms. The SMILES string of the molecule is CSC(=Nc1cccc2occc12)NC#N. The molecule has 1 N–H and O–H groups in total. The van der Waals surface area contributed by atoms with E-state index in [2.05, 4.69) is 10.3 Å². The van der Waals surface area contributed by atoms with E-state index in [1.54, 1.807) is 6.26 Å². The van der Waals surface area contributed by atoms with E-state index in [1.165, 1.54) is 11.8 Å². The lowest BCUT2D eigenvalue weighted by Crippen LogP contribution is -2.12. The fourth-order valence-electron chi connectivity index (χ4n) is 1.36. The molecular weight excluding hydrogens is 222 g/mol. The van der Waals surface area contributed by atoms with Crippen LogP contribution in [0.3, 0.4) is 0 Å². The molecular formula is C11H9N3OS. The summed E-state index contributed by atoms with van der Waals surface area (Å²) in [6.45, 7) is 0. The lowest BCUT2D eigenvalue weighted by atomic mass is 10.2. The number of thioether (sulfide) groups is 1. The summed E-state index contributed by atoms with van der Waals surface area (Å²) in [5.74, 6) is 0. The predicted octanol–water partition coefficient (Wildman–Crippen LogP) is 2.85. The molecule has 4 nitrogen and oxygen atoms in total. The van der Waals surface area contributed by atoms with Crippen LogP contribution in [0.25, 0.3) is 11.0 Å². The monoisotopic (exact) mass is 231 g/mol. The zero-order valence-corrected chi connectivity index (χ0v) is 9.41. The summed E-state index contributed by atoms with van der Waals surface area (Å²) in [6, 6.07) is 7.49. The van der Waals surface area contributed by atoms with E-state index in [1.807, 2.05) is 36.7 Å². The van der Waals surface area contributed by atoms with Gasteiger partial charge in [0.15, 0.2) is 11.4 Å². The fraction of sp³-hybridized carbons (Fsp3) is 0.0909. The van der Waals surface area contributed by atoms with Crippen LogP contribution in [0.4, 0.5) is 5.69 Å². The minimum atomic E-state index is 0.566. The summed E-state index contributed by atoms with van der Waals surface area (Å²) in [5, 5.41) is 12.6. The Labute approximate surface area is 97.0 Å². The van der Waals surface area contributed by atoms with Gasteiger partial charge in [0.2, 0.25) is 0 Å². The van der Waals surface area contributed by atoms with Crippen LogP contribution < -0.4 is 5.32 Å². The molecule has 0 fully saturated rings. The van der Waals surface area contributed by atoms with Gasteiger partial charge in [-0.05, 0) is 24.5 Å². The first-order valence-electron chi connectivity index (χ1n) is 4.59. The van der Waals surface area contributed by atoms with Crippen molar-refractivity contribution in [2.45, 2.75) is 0 Å². The minimum absolute atomic E-state index is 0.566. The lowest BCUT2D eigenvalue weighted by Gasteiger charge is -2.00. The van der Waals surface area contributed by atoms with Crippen LogP contribution >= 0.6 is 11.8 Å². The summed E-state index contributed by atoms with van der Waals surface area (Å²) >= 11 is 1.39. The predicted molar refractivity (Wildman–Crippen MR) is 65.6 cm³/mol. The molecule has 2 rings (SSSR count). The Morgan fingerprint density at radius 3 is 3.12 bits per heavy atom. The number of nitrogens with one attached hydrogen (secondary N) is 1. The Bertz CT molecular complexity index is 568. The third kappa shape index (κ3) is 2.02. The van der Waals surface area contributed by atoms with Crippen LogP contribution in [0.5, 0.6) is 0 Å². The maximum atomic E-state index is 8.55. The largest absolute Gasteiger partial charge is 0.464 e. The molecule has 80 valence electrons. The molecule has 0 amide bonds. The zero-order chi connectivity index (χ0) is 11.4. The van der Waals surface area contributed by atoms with E-state index in [0.717, 1.165) is 16.7 Å². The zero-order valence-electron chi connectivity index (χ0n) is 8.60. The van der Waals surface area contributed by atoms with Crippen molar-refractivity contribution in [3.05, 3.63) is 30.5 Å². The highest BCUT2D eigenvalue weighted by Crippen LogP contribution is 2.27. The van der Waals surface area contributed by atoms with Gasteiger partial charge in [0.05, 0.1) is 12.0 Å². The Hall–Kier alpha value is -1.93. The van der Waals surface area contributed by atoms with Crippen LogP contribution in [0.2, 0.25) is 0 Å². The molecule has 16 heavy (non-hydrogen) atoms. The highest BCUT2D eigenvalue weighted by molar-refractivity contribution is 8.13. The van der Waals surface area contributed by atoms with Crippen LogP contribution in [-0.2, 0) is 0 Å². The second kappa shape index (κ2) is 4.73. The smallest absolute Gasteiger partial charge is 0.183 e. The normalized spacial score (nSPS) is 11.4. The van der Waals surface area contributed by atoms with Crippen molar-refractivity contribution in [3.63, 3.8) is 0 Å². The molecule has 0 bridgehead atoms. The molecule has 0 radical (unpaired) electrons. The van der Waals surface area contributed by atoms with Crippen molar-refractivity contribution < 1.29 is 4.42 Å². The van der Waals surface area contributed by atoms with Crippen LogP contribution in [0.15, 0.2) is 39.9 Å². The average molecular weight is 231 g/mol. The minimum Gasteiger partial charge on any atom is -0.464 e. The molecule has 0 unspecified atom stereocenters.